The molecular weight excluding hydrogens is 293 g/mol. The zero-order valence-electron chi connectivity index (χ0n) is 10.2. The van der Waals surface area contributed by atoms with E-state index in [1.807, 2.05) is 0 Å². The second-order valence-electron chi connectivity index (χ2n) is 4.21. The summed E-state index contributed by atoms with van der Waals surface area (Å²) in [6.45, 7) is 0. The van der Waals surface area contributed by atoms with Crippen LogP contribution in [0.2, 0.25) is 5.15 Å². The zero-order chi connectivity index (χ0) is 14.8. The van der Waals surface area contributed by atoms with Gasteiger partial charge in [0.15, 0.2) is 0 Å². The Bertz CT molecular complexity index is 576. The summed E-state index contributed by atoms with van der Waals surface area (Å²) >= 11 is 5.61. The predicted octanol–water partition coefficient (Wildman–Crippen LogP) is 3.88. The highest BCUT2D eigenvalue weighted by Crippen LogP contribution is 2.33. The molecule has 1 amide bonds. The lowest BCUT2D eigenvalue weighted by Gasteiger charge is -2.16. The molecule has 7 heteroatoms. The van der Waals surface area contributed by atoms with Gasteiger partial charge in [0.25, 0.3) is 5.91 Å². The molecule has 0 fully saturated rings. The van der Waals surface area contributed by atoms with E-state index >= 15 is 0 Å². The summed E-state index contributed by atoms with van der Waals surface area (Å²) in [4.78, 5) is 15.7. The van der Waals surface area contributed by atoms with Crippen molar-refractivity contribution in [3.05, 3.63) is 46.8 Å². The third-order valence-corrected chi connectivity index (χ3v) is 3.01. The van der Waals surface area contributed by atoms with Crippen molar-refractivity contribution in [2.24, 2.45) is 0 Å². The lowest BCUT2D eigenvalue weighted by molar-refractivity contribution is -0.113. The molecule has 1 heterocycles. The van der Waals surface area contributed by atoms with Crippen molar-refractivity contribution in [1.29, 1.82) is 0 Å². The Balaban J connectivity index is 2.06. The van der Waals surface area contributed by atoms with Crippen LogP contribution in [-0.4, -0.2) is 17.1 Å². The Hall–Kier alpha value is -1.82. The number of hydrogen-bond donors (Lipinski definition) is 1. The number of allylic oxidation sites excluding steroid dienone is 3. The Labute approximate surface area is 118 Å². The van der Waals surface area contributed by atoms with Gasteiger partial charge in [0.1, 0.15) is 5.15 Å². The number of pyridine rings is 1. The first-order valence-corrected chi connectivity index (χ1v) is 6.14. The first-order valence-electron chi connectivity index (χ1n) is 5.76. The molecule has 0 bridgehead atoms. The van der Waals surface area contributed by atoms with Crippen LogP contribution in [0.15, 0.2) is 41.6 Å². The Morgan fingerprint density at radius 3 is 2.50 bits per heavy atom. The van der Waals surface area contributed by atoms with Crippen LogP contribution in [0.1, 0.15) is 12.8 Å². The SMILES string of the molecule is O=C(Nc1ccc(Cl)nc1)C1=CC=C(C(F)(F)F)CC1. The van der Waals surface area contributed by atoms with Gasteiger partial charge >= 0.3 is 6.18 Å². The van der Waals surface area contributed by atoms with Crippen molar-refractivity contribution in [3.63, 3.8) is 0 Å². The summed E-state index contributed by atoms with van der Waals surface area (Å²) < 4.78 is 37.3. The number of aromatic nitrogens is 1. The molecule has 20 heavy (non-hydrogen) atoms. The third-order valence-electron chi connectivity index (χ3n) is 2.79. The summed E-state index contributed by atoms with van der Waals surface area (Å²) in [6, 6.07) is 3.07. The number of amides is 1. The van der Waals surface area contributed by atoms with Gasteiger partial charge in [-0.15, -0.1) is 0 Å². The van der Waals surface area contributed by atoms with Gasteiger partial charge in [-0.05, 0) is 25.0 Å². The number of carbonyl (C=O) groups is 1. The molecule has 0 atom stereocenters. The average Bonchev–Trinajstić information content (AvgIpc) is 2.40. The molecule has 0 saturated carbocycles. The summed E-state index contributed by atoms with van der Waals surface area (Å²) in [5, 5.41) is 2.84. The smallest absolute Gasteiger partial charge is 0.321 e. The van der Waals surface area contributed by atoms with E-state index in [1.165, 1.54) is 18.3 Å². The van der Waals surface area contributed by atoms with Gasteiger partial charge in [-0.3, -0.25) is 4.79 Å². The summed E-state index contributed by atoms with van der Waals surface area (Å²) in [5.41, 5.74) is 0.112. The molecule has 2 rings (SSSR count). The Kier molecular flexibility index (Phi) is 4.13. The number of anilines is 1. The summed E-state index contributed by atoms with van der Waals surface area (Å²) in [6.07, 6.45) is -0.956. The number of nitrogens with one attached hydrogen (secondary N) is 1. The Morgan fingerprint density at radius 1 is 1.25 bits per heavy atom. The van der Waals surface area contributed by atoms with Gasteiger partial charge in [-0.25, -0.2) is 4.98 Å². The van der Waals surface area contributed by atoms with Crippen LogP contribution in [0, 0.1) is 0 Å². The van der Waals surface area contributed by atoms with Gasteiger partial charge in [0, 0.05) is 11.1 Å². The van der Waals surface area contributed by atoms with Gasteiger partial charge in [0.05, 0.1) is 11.9 Å². The minimum atomic E-state index is -4.33. The second-order valence-corrected chi connectivity index (χ2v) is 4.59. The highest BCUT2D eigenvalue weighted by atomic mass is 35.5. The van der Waals surface area contributed by atoms with Gasteiger partial charge < -0.3 is 5.32 Å². The van der Waals surface area contributed by atoms with Crippen LogP contribution in [0.5, 0.6) is 0 Å². The molecule has 0 aromatic carbocycles. The second kappa shape index (κ2) is 5.66. The van der Waals surface area contributed by atoms with Crippen LogP contribution < -0.4 is 5.32 Å². The van der Waals surface area contributed by atoms with Crippen LogP contribution in [0.4, 0.5) is 18.9 Å². The van der Waals surface area contributed by atoms with E-state index in [1.54, 1.807) is 6.07 Å². The van der Waals surface area contributed by atoms with Crippen molar-refractivity contribution in [2.45, 2.75) is 19.0 Å². The normalized spacial score (nSPS) is 15.4. The van der Waals surface area contributed by atoms with Crippen LogP contribution in [0.25, 0.3) is 0 Å². The fourth-order valence-corrected chi connectivity index (χ4v) is 1.84. The monoisotopic (exact) mass is 302 g/mol. The average molecular weight is 303 g/mol. The third kappa shape index (κ3) is 3.60. The Morgan fingerprint density at radius 2 is 2.00 bits per heavy atom. The summed E-state index contributed by atoms with van der Waals surface area (Å²) in [7, 11) is 0. The number of hydrogen-bond acceptors (Lipinski definition) is 2. The number of nitrogens with zero attached hydrogens (tertiary/aromatic N) is 1. The number of alkyl halides is 3. The molecule has 0 aliphatic heterocycles. The molecule has 1 aliphatic rings. The molecule has 1 aromatic heterocycles. The van der Waals surface area contributed by atoms with Crippen molar-refractivity contribution in [3.8, 4) is 0 Å². The zero-order valence-corrected chi connectivity index (χ0v) is 10.9. The quantitative estimate of drug-likeness (QED) is 0.842. The number of carbonyl (C=O) groups excluding carboxylic acids is 1. The highest BCUT2D eigenvalue weighted by Gasteiger charge is 2.34. The van der Waals surface area contributed by atoms with Crippen molar-refractivity contribution < 1.29 is 18.0 Å². The molecule has 1 aromatic rings. The lowest BCUT2D eigenvalue weighted by atomic mass is 9.97. The van der Waals surface area contributed by atoms with Crippen molar-refractivity contribution in [2.75, 3.05) is 5.32 Å². The molecule has 0 unspecified atom stereocenters. The summed E-state index contributed by atoms with van der Waals surface area (Å²) in [5.74, 6) is -0.438. The molecule has 3 nitrogen and oxygen atoms in total. The first-order chi connectivity index (χ1) is 9.36. The van der Waals surface area contributed by atoms with E-state index in [-0.39, 0.29) is 18.0 Å². The van der Waals surface area contributed by atoms with E-state index in [0.717, 1.165) is 6.08 Å². The maximum absolute atomic E-state index is 12.4. The van der Waals surface area contributed by atoms with E-state index in [9.17, 15) is 18.0 Å². The topological polar surface area (TPSA) is 42.0 Å². The number of rotatable bonds is 2. The van der Waals surface area contributed by atoms with Gasteiger partial charge in [-0.2, -0.15) is 13.2 Å². The van der Waals surface area contributed by atoms with Crippen molar-refractivity contribution >= 4 is 23.2 Å². The van der Waals surface area contributed by atoms with Gasteiger partial charge in [-0.1, -0.05) is 23.8 Å². The predicted molar refractivity (Wildman–Crippen MR) is 69.3 cm³/mol. The van der Waals surface area contributed by atoms with E-state index in [4.69, 9.17) is 11.6 Å². The minimum absolute atomic E-state index is 0.0538. The first kappa shape index (κ1) is 14.6. The molecule has 1 N–H and O–H groups in total. The number of halogens is 4. The standard InChI is InChI=1S/C13H10ClF3N2O/c14-11-6-5-10(7-18-11)19-12(20)8-1-3-9(4-2-8)13(15,16)17/h1,3,5-7H,2,4H2,(H,19,20). The van der Waals surface area contributed by atoms with E-state index in [0.29, 0.717) is 11.3 Å². The fraction of sp³-hybridized carbons (Fsp3) is 0.231. The largest absolute Gasteiger partial charge is 0.412 e. The molecule has 1 aliphatic carbocycles. The molecule has 0 spiro atoms. The maximum atomic E-state index is 12.4. The molecule has 106 valence electrons. The molecule has 0 radical (unpaired) electrons. The maximum Gasteiger partial charge on any atom is 0.412 e. The minimum Gasteiger partial charge on any atom is -0.321 e. The highest BCUT2D eigenvalue weighted by molar-refractivity contribution is 6.29. The molecular formula is C13H10ClF3N2O. The lowest BCUT2D eigenvalue weighted by Crippen LogP contribution is -2.19. The van der Waals surface area contributed by atoms with E-state index < -0.39 is 17.7 Å². The molecule has 0 saturated heterocycles. The van der Waals surface area contributed by atoms with Crippen LogP contribution in [-0.2, 0) is 4.79 Å². The van der Waals surface area contributed by atoms with Crippen molar-refractivity contribution in [1.82, 2.24) is 4.98 Å². The van der Waals surface area contributed by atoms with E-state index in [2.05, 4.69) is 10.3 Å². The van der Waals surface area contributed by atoms with Gasteiger partial charge in [0.2, 0.25) is 0 Å². The van der Waals surface area contributed by atoms with Crippen LogP contribution in [0.3, 0.4) is 0 Å². The van der Waals surface area contributed by atoms with Crippen LogP contribution >= 0.6 is 11.6 Å². The fourth-order valence-electron chi connectivity index (χ4n) is 1.72.